The highest BCUT2D eigenvalue weighted by molar-refractivity contribution is 4.91. The van der Waals surface area contributed by atoms with E-state index in [0.717, 1.165) is 19.7 Å². The Labute approximate surface area is 112 Å². The summed E-state index contributed by atoms with van der Waals surface area (Å²) in [6.07, 6.45) is 5.71. The molecule has 1 saturated heterocycles. The summed E-state index contributed by atoms with van der Waals surface area (Å²) in [5, 5.41) is 3.59. The van der Waals surface area contributed by atoms with E-state index < -0.39 is 0 Å². The van der Waals surface area contributed by atoms with Crippen molar-refractivity contribution < 1.29 is 4.74 Å². The van der Waals surface area contributed by atoms with Gasteiger partial charge in [0.05, 0.1) is 12.7 Å². The zero-order valence-electron chi connectivity index (χ0n) is 12.5. The molecule has 0 bridgehead atoms. The fraction of sp³-hybridized carbons (Fsp3) is 1.00. The minimum Gasteiger partial charge on any atom is -0.375 e. The lowest BCUT2D eigenvalue weighted by atomic mass is 10.0. The summed E-state index contributed by atoms with van der Waals surface area (Å²) in [6, 6.07) is 1.37. The summed E-state index contributed by atoms with van der Waals surface area (Å²) in [4.78, 5) is 2.70. The summed E-state index contributed by atoms with van der Waals surface area (Å²) in [5.41, 5.74) is 0.237. The van der Waals surface area contributed by atoms with Crippen LogP contribution in [0.3, 0.4) is 0 Å². The molecule has 3 atom stereocenters. The molecule has 3 unspecified atom stereocenters. The van der Waals surface area contributed by atoms with Gasteiger partial charge in [-0.3, -0.25) is 4.90 Å². The van der Waals surface area contributed by atoms with Crippen molar-refractivity contribution in [2.45, 2.75) is 77.1 Å². The van der Waals surface area contributed by atoms with E-state index in [9.17, 15) is 0 Å². The highest BCUT2D eigenvalue weighted by Crippen LogP contribution is 2.31. The van der Waals surface area contributed by atoms with Crippen molar-refractivity contribution in [2.24, 2.45) is 0 Å². The molecule has 1 saturated carbocycles. The molecule has 0 aromatic rings. The van der Waals surface area contributed by atoms with Gasteiger partial charge in [-0.15, -0.1) is 0 Å². The van der Waals surface area contributed by atoms with Gasteiger partial charge >= 0.3 is 0 Å². The second-order valence-electron chi connectivity index (χ2n) is 6.96. The summed E-state index contributed by atoms with van der Waals surface area (Å²) in [5.74, 6) is 0. The quantitative estimate of drug-likeness (QED) is 0.834. The fourth-order valence-electron chi connectivity index (χ4n) is 3.32. The number of nitrogens with one attached hydrogen (secondary N) is 1. The number of hydrogen-bond acceptors (Lipinski definition) is 3. The summed E-state index contributed by atoms with van der Waals surface area (Å²) < 4.78 is 5.88. The lowest BCUT2D eigenvalue weighted by molar-refractivity contribution is -0.0701. The Hall–Kier alpha value is -0.120. The fourth-order valence-corrected chi connectivity index (χ4v) is 3.32. The third-order valence-corrected chi connectivity index (χ3v) is 4.31. The van der Waals surface area contributed by atoms with Crippen LogP contribution in [0.1, 0.15) is 53.4 Å². The van der Waals surface area contributed by atoms with Crippen LogP contribution in [0.15, 0.2) is 0 Å². The Morgan fingerprint density at radius 1 is 1.33 bits per heavy atom. The molecule has 1 aliphatic carbocycles. The molecule has 106 valence electrons. The third kappa shape index (κ3) is 3.69. The van der Waals surface area contributed by atoms with Crippen molar-refractivity contribution in [1.82, 2.24) is 10.2 Å². The lowest BCUT2D eigenvalue weighted by Crippen LogP contribution is -2.53. The molecular formula is C15H30N2O. The van der Waals surface area contributed by atoms with Crippen molar-refractivity contribution in [2.75, 3.05) is 19.7 Å². The Bertz CT molecular complexity index is 262. The monoisotopic (exact) mass is 254 g/mol. The molecule has 1 N–H and O–H groups in total. The molecule has 1 heterocycles. The predicted molar refractivity (Wildman–Crippen MR) is 75.9 cm³/mol. The lowest BCUT2D eigenvalue weighted by Gasteiger charge is -2.41. The average Bonchev–Trinajstić information content (AvgIpc) is 2.74. The number of ether oxygens (including phenoxy) is 1. The Morgan fingerprint density at radius 3 is 2.83 bits per heavy atom. The number of rotatable bonds is 4. The van der Waals surface area contributed by atoms with E-state index in [1.807, 2.05) is 0 Å². The molecule has 3 heteroatoms. The van der Waals surface area contributed by atoms with Crippen LogP contribution in [0.2, 0.25) is 0 Å². The van der Waals surface area contributed by atoms with E-state index in [4.69, 9.17) is 4.74 Å². The molecule has 2 rings (SSSR count). The van der Waals surface area contributed by atoms with E-state index in [1.54, 1.807) is 0 Å². The topological polar surface area (TPSA) is 24.5 Å². The first kappa shape index (κ1) is 14.3. The maximum absolute atomic E-state index is 5.88. The number of hydrogen-bond donors (Lipinski definition) is 1. The first-order valence-electron chi connectivity index (χ1n) is 7.60. The molecule has 1 aliphatic heterocycles. The minimum atomic E-state index is 0.237. The van der Waals surface area contributed by atoms with E-state index in [1.165, 1.54) is 25.7 Å². The SMILES string of the molecule is CC(CCNC(C)(C)C)N1CCOC2CCCC21. The van der Waals surface area contributed by atoms with Crippen LogP contribution in [0, 0.1) is 0 Å². The summed E-state index contributed by atoms with van der Waals surface area (Å²) >= 11 is 0. The normalized spacial score (nSPS) is 31.3. The van der Waals surface area contributed by atoms with Crippen LogP contribution in [-0.4, -0.2) is 48.3 Å². The summed E-state index contributed by atoms with van der Waals surface area (Å²) in [7, 11) is 0. The van der Waals surface area contributed by atoms with E-state index in [2.05, 4.69) is 37.9 Å². The zero-order chi connectivity index (χ0) is 13.2. The van der Waals surface area contributed by atoms with Gasteiger partial charge in [-0.25, -0.2) is 0 Å². The number of morpholine rings is 1. The van der Waals surface area contributed by atoms with E-state index in [0.29, 0.717) is 18.2 Å². The van der Waals surface area contributed by atoms with Gasteiger partial charge in [0.1, 0.15) is 0 Å². The van der Waals surface area contributed by atoms with Crippen molar-refractivity contribution in [3.63, 3.8) is 0 Å². The van der Waals surface area contributed by atoms with Gasteiger partial charge in [0.15, 0.2) is 0 Å². The first-order valence-corrected chi connectivity index (χ1v) is 7.60. The van der Waals surface area contributed by atoms with E-state index >= 15 is 0 Å². The van der Waals surface area contributed by atoms with Crippen molar-refractivity contribution >= 4 is 0 Å². The molecular weight excluding hydrogens is 224 g/mol. The molecule has 18 heavy (non-hydrogen) atoms. The number of nitrogens with zero attached hydrogens (tertiary/aromatic N) is 1. The molecule has 0 aromatic carbocycles. The van der Waals surface area contributed by atoms with Crippen molar-refractivity contribution in [1.29, 1.82) is 0 Å². The standard InChI is InChI=1S/C15H30N2O/c1-12(8-9-16-15(2,3)4)17-10-11-18-14-7-5-6-13(14)17/h12-14,16H,5-11H2,1-4H3. The van der Waals surface area contributed by atoms with Gasteiger partial charge in [0, 0.05) is 24.2 Å². The second-order valence-corrected chi connectivity index (χ2v) is 6.96. The van der Waals surface area contributed by atoms with Crippen LogP contribution < -0.4 is 5.32 Å². The van der Waals surface area contributed by atoms with Crippen LogP contribution in [0.5, 0.6) is 0 Å². The average molecular weight is 254 g/mol. The van der Waals surface area contributed by atoms with Crippen LogP contribution >= 0.6 is 0 Å². The van der Waals surface area contributed by atoms with Gasteiger partial charge < -0.3 is 10.1 Å². The van der Waals surface area contributed by atoms with Gasteiger partial charge in [-0.2, -0.15) is 0 Å². The largest absolute Gasteiger partial charge is 0.375 e. The van der Waals surface area contributed by atoms with Gasteiger partial charge in [-0.1, -0.05) is 0 Å². The molecule has 2 aliphatic rings. The zero-order valence-corrected chi connectivity index (χ0v) is 12.5. The van der Waals surface area contributed by atoms with E-state index in [-0.39, 0.29) is 5.54 Å². The van der Waals surface area contributed by atoms with Crippen molar-refractivity contribution in [3.8, 4) is 0 Å². The summed E-state index contributed by atoms with van der Waals surface area (Å²) in [6.45, 7) is 12.2. The maximum Gasteiger partial charge on any atom is 0.0731 e. The van der Waals surface area contributed by atoms with Gasteiger partial charge in [0.25, 0.3) is 0 Å². The highest BCUT2D eigenvalue weighted by atomic mass is 16.5. The molecule has 0 spiro atoms. The second kappa shape index (κ2) is 5.89. The Morgan fingerprint density at radius 2 is 2.11 bits per heavy atom. The van der Waals surface area contributed by atoms with Crippen molar-refractivity contribution in [3.05, 3.63) is 0 Å². The molecule has 3 nitrogen and oxygen atoms in total. The Balaban J connectivity index is 1.79. The predicted octanol–water partition coefficient (Wildman–Crippen LogP) is 2.41. The minimum absolute atomic E-state index is 0.237. The van der Waals surface area contributed by atoms with Crippen LogP contribution in [0.4, 0.5) is 0 Å². The maximum atomic E-state index is 5.88. The van der Waals surface area contributed by atoms with Gasteiger partial charge in [0.2, 0.25) is 0 Å². The van der Waals surface area contributed by atoms with Crippen LogP contribution in [0.25, 0.3) is 0 Å². The highest BCUT2D eigenvalue weighted by Gasteiger charge is 2.37. The molecule has 0 radical (unpaired) electrons. The molecule has 0 aromatic heterocycles. The smallest absolute Gasteiger partial charge is 0.0731 e. The number of fused-ring (bicyclic) bond motifs is 1. The van der Waals surface area contributed by atoms with Gasteiger partial charge in [-0.05, 0) is 59.9 Å². The molecule has 0 amide bonds. The third-order valence-electron chi connectivity index (χ3n) is 4.31. The van der Waals surface area contributed by atoms with Crippen LogP contribution in [-0.2, 0) is 4.74 Å². The Kier molecular flexibility index (Phi) is 4.68. The molecule has 2 fully saturated rings. The first-order chi connectivity index (χ1) is 8.47.